The third-order valence-electron chi connectivity index (χ3n) is 2.18. The Bertz CT molecular complexity index is 337. The average Bonchev–Trinajstić information content (AvgIpc) is 2.52. The van der Waals surface area contributed by atoms with Crippen molar-refractivity contribution in [3.8, 4) is 0 Å². The highest BCUT2D eigenvalue weighted by atomic mass is 16.5. The molecular weight excluding hydrogens is 312 g/mol. The van der Waals surface area contributed by atoms with E-state index in [1.165, 1.54) is 13.8 Å². The smallest absolute Gasteiger partial charge is 0.333 e. The molecular formula is C14H28O9. The van der Waals surface area contributed by atoms with E-state index in [-0.39, 0.29) is 18.8 Å². The first kappa shape index (κ1) is 26.4. The second-order valence-corrected chi connectivity index (χ2v) is 4.71. The van der Waals surface area contributed by atoms with Crippen molar-refractivity contribution in [3.63, 3.8) is 0 Å². The molecule has 0 spiro atoms. The lowest BCUT2D eigenvalue weighted by molar-refractivity contribution is -0.153. The van der Waals surface area contributed by atoms with E-state index in [1.807, 2.05) is 0 Å². The van der Waals surface area contributed by atoms with E-state index in [4.69, 9.17) is 30.6 Å². The third kappa shape index (κ3) is 15.2. The van der Waals surface area contributed by atoms with E-state index in [0.717, 1.165) is 0 Å². The van der Waals surface area contributed by atoms with E-state index in [9.17, 15) is 9.59 Å². The van der Waals surface area contributed by atoms with Crippen LogP contribution < -0.4 is 0 Å². The van der Waals surface area contributed by atoms with Crippen LogP contribution in [0.15, 0.2) is 12.2 Å². The van der Waals surface area contributed by atoms with Crippen LogP contribution in [-0.4, -0.2) is 81.7 Å². The predicted molar refractivity (Wildman–Crippen MR) is 81.5 cm³/mol. The maximum Gasteiger partial charge on any atom is 0.333 e. The van der Waals surface area contributed by atoms with Crippen LogP contribution >= 0.6 is 0 Å². The Labute approximate surface area is 135 Å². The van der Waals surface area contributed by atoms with Gasteiger partial charge in [-0.05, 0) is 20.8 Å². The van der Waals surface area contributed by atoms with Crippen LogP contribution in [0.4, 0.5) is 0 Å². The highest BCUT2D eigenvalue weighted by Crippen LogP contribution is 2.12. The fourth-order valence-electron chi connectivity index (χ4n) is 0.533. The summed E-state index contributed by atoms with van der Waals surface area (Å²) in [5, 5.41) is 49.8. The van der Waals surface area contributed by atoms with Gasteiger partial charge in [0.25, 0.3) is 0 Å². The van der Waals surface area contributed by atoms with Crippen LogP contribution in [0.3, 0.4) is 0 Å². The zero-order chi connectivity index (χ0) is 19.1. The fraction of sp³-hybridized carbons (Fsp3) is 0.714. The summed E-state index contributed by atoms with van der Waals surface area (Å²) in [6.07, 6.45) is -1.00. The normalized spacial score (nSPS) is 11.1. The molecule has 9 heteroatoms. The molecule has 6 N–H and O–H groups in total. The van der Waals surface area contributed by atoms with Crippen LogP contribution in [0.1, 0.15) is 20.8 Å². The Hall–Kier alpha value is -1.52. The van der Waals surface area contributed by atoms with Gasteiger partial charge in [-0.1, -0.05) is 6.58 Å². The summed E-state index contributed by atoms with van der Waals surface area (Å²) in [4.78, 5) is 20.8. The number of hydrogen-bond acceptors (Lipinski definition) is 8. The first-order valence-electron chi connectivity index (χ1n) is 6.73. The van der Waals surface area contributed by atoms with Crippen molar-refractivity contribution in [3.05, 3.63) is 12.2 Å². The molecule has 0 saturated carbocycles. The number of rotatable bonds is 7. The number of aliphatic hydroxyl groups excluding tert-OH is 5. The number of ether oxygens (including phenoxy) is 1. The molecule has 0 aromatic carbocycles. The van der Waals surface area contributed by atoms with Crippen molar-refractivity contribution in [2.75, 3.05) is 33.0 Å². The second kappa shape index (κ2) is 15.4. The van der Waals surface area contributed by atoms with Gasteiger partial charge in [0.05, 0.1) is 19.8 Å². The standard InChI is InChI=1S/C7H12O4.C5H10O4.C2H6O/c1-5(2)7(10)11-4-6(9)3-8;1-5(2-6,3-7)4(8)9;1-2-3/h6,8-9H,1,3-4H2,2H3;6-7H,2-3H2,1H3,(H,8,9);3H,2H2,1H3. The molecule has 0 rings (SSSR count). The summed E-state index contributed by atoms with van der Waals surface area (Å²) in [7, 11) is 0. The SMILES string of the molecule is C=C(C)C(=O)OCC(O)CO.CC(CO)(CO)C(=O)O.CCO. The van der Waals surface area contributed by atoms with Gasteiger partial charge in [-0.2, -0.15) is 0 Å². The lowest BCUT2D eigenvalue weighted by atomic mass is 9.94. The van der Waals surface area contributed by atoms with Crippen LogP contribution in [0.5, 0.6) is 0 Å². The maximum atomic E-state index is 10.6. The van der Waals surface area contributed by atoms with Crippen molar-refractivity contribution in [2.24, 2.45) is 5.41 Å². The number of esters is 1. The molecule has 0 aliphatic heterocycles. The van der Waals surface area contributed by atoms with Crippen LogP contribution in [0.25, 0.3) is 0 Å². The molecule has 9 nitrogen and oxygen atoms in total. The van der Waals surface area contributed by atoms with Gasteiger partial charge < -0.3 is 35.4 Å². The van der Waals surface area contributed by atoms with Gasteiger partial charge in [-0.15, -0.1) is 0 Å². The van der Waals surface area contributed by atoms with Crippen molar-refractivity contribution in [2.45, 2.75) is 26.9 Å². The largest absolute Gasteiger partial charge is 0.481 e. The van der Waals surface area contributed by atoms with Gasteiger partial charge in [0.1, 0.15) is 18.1 Å². The molecule has 0 aliphatic carbocycles. The van der Waals surface area contributed by atoms with Crippen LogP contribution in [-0.2, 0) is 14.3 Å². The summed E-state index contributed by atoms with van der Waals surface area (Å²) in [6.45, 7) is 6.36. The quantitative estimate of drug-likeness (QED) is 0.239. The molecule has 0 aromatic rings. The van der Waals surface area contributed by atoms with Crippen molar-refractivity contribution >= 4 is 11.9 Å². The highest BCUT2D eigenvalue weighted by Gasteiger charge is 2.31. The molecule has 138 valence electrons. The van der Waals surface area contributed by atoms with Gasteiger partial charge in [0.2, 0.25) is 0 Å². The van der Waals surface area contributed by atoms with E-state index in [0.29, 0.717) is 0 Å². The van der Waals surface area contributed by atoms with Gasteiger partial charge in [0, 0.05) is 12.2 Å². The minimum Gasteiger partial charge on any atom is -0.481 e. The Morgan fingerprint density at radius 1 is 1.17 bits per heavy atom. The maximum absolute atomic E-state index is 10.6. The predicted octanol–water partition coefficient (Wildman–Crippen LogP) is -1.48. The van der Waals surface area contributed by atoms with Crippen LogP contribution in [0, 0.1) is 5.41 Å². The summed E-state index contributed by atoms with van der Waals surface area (Å²) < 4.78 is 4.51. The zero-order valence-corrected chi connectivity index (χ0v) is 13.7. The topological polar surface area (TPSA) is 165 Å². The van der Waals surface area contributed by atoms with E-state index in [1.54, 1.807) is 6.92 Å². The van der Waals surface area contributed by atoms with Crippen LogP contribution in [0.2, 0.25) is 0 Å². The molecule has 0 aliphatic rings. The number of carboxylic acid groups (broad SMARTS) is 1. The van der Waals surface area contributed by atoms with Crippen molar-refractivity contribution in [1.29, 1.82) is 0 Å². The van der Waals surface area contributed by atoms with Crippen molar-refractivity contribution in [1.82, 2.24) is 0 Å². The lowest BCUT2D eigenvalue weighted by Gasteiger charge is -2.17. The molecule has 0 fully saturated rings. The van der Waals surface area contributed by atoms with Gasteiger partial charge in [0.15, 0.2) is 0 Å². The lowest BCUT2D eigenvalue weighted by Crippen LogP contribution is -2.35. The monoisotopic (exact) mass is 340 g/mol. The second-order valence-electron chi connectivity index (χ2n) is 4.71. The first-order chi connectivity index (χ1) is 10.6. The number of hydrogen-bond donors (Lipinski definition) is 6. The molecule has 0 aromatic heterocycles. The molecule has 23 heavy (non-hydrogen) atoms. The minimum absolute atomic E-state index is 0.192. The molecule has 0 bridgehead atoms. The molecule has 1 atom stereocenters. The van der Waals surface area contributed by atoms with Gasteiger partial charge in [-0.25, -0.2) is 4.79 Å². The zero-order valence-electron chi connectivity index (χ0n) is 13.7. The van der Waals surface area contributed by atoms with E-state index < -0.39 is 43.3 Å². The average molecular weight is 340 g/mol. The third-order valence-corrected chi connectivity index (χ3v) is 2.18. The molecule has 0 saturated heterocycles. The number of carboxylic acids is 1. The Balaban J connectivity index is -0.000000301. The summed E-state index contributed by atoms with van der Waals surface area (Å²) in [5.74, 6) is -1.75. The number of aliphatic hydroxyl groups is 5. The Morgan fingerprint density at radius 3 is 1.74 bits per heavy atom. The summed E-state index contributed by atoms with van der Waals surface area (Å²) in [6, 6.07) is 0. The molecule has 1 unspecified atom stereocenters. The molecule has 0 amide bonds. The molecule has 0 radical (unpaired) electrons. The van der Waals surface area contributed by atoms with Crippen molar-refractivity contribution < 1.29 is 45.0 Å². The van der Waals surface area contributed by atoms with Gasteiger partial charge in [-0.3, -0.25) is 4.79 Å². The summed E-state index contributed by atoms with van der Waals surface area (Å²) in [5.41, 5.74) is -1.12. The van der Waals surface area contributed by atoms with E-state index >= 15 is 0 Å². The van der Waals surface area contributed by atoms with Gasteiger partial charge >= 0.3 is 11.9 Å². The first-order valence-corrected chi connectivity index (χ1v) is 6.73. The minimum atomic E-state index is -1.39. The molecule has 0 heterocycles. The number of aliphatic carboxylic acids is 1. The number of carbonyl (C=O) groups is 2. The Morgan fingerprint density at radius 2 is 1.57 bits per heavy atom. The Kier molecular flexibility index (Phi) is 17.6. The summed E-state index contributed by atoms with van der Waals surface area (Å²) >= 11 is 0. The highest BCUT2D eigenvalue weighted by molar-refractivity contribution is 5.86. The fourth-order valence-corrected chi connectivity index (χ4v) is 0.533. The number of carbonyl (C=O) groups excluding carboxylic acids is 1. The van der Waals surface area contributed by atoms with E-state index in [2.05, 4.69) is 11.3 Å².